The molecule has 22 nitrogen and oxygen atoms in total. The molecule has 0 saturated carbocycles. The standard InChI is InChI=1S/C44H88O22/c1-2-63-36(61)44(38(5-18-47,6-19-48)41(11-24-53,12-25-54)64-32-29-58,39(7-20-49,8-21-50)42(13-26-55,14-27-56)65-33-30-59)40(9-22-51,10-23-52)43(15-28-57,66-34-31-60)35-37(62,3-16-45)4-17-46/h45-60,62H,2-35H2,1H3. The third kappa shape index (κ3) is 13.1. The summed E-state index contributed by atoms with van der Waals surface area (Å²) in [7, 11) is 0. The Morgan fingerprint density at radius 2 is 0.591 bits per heavy atom. The molecule has 0 heterocycles. The van der Waals surface area contributed by atoms with Crippen LogP contribution in [0.4, 0.5) is 0 Å². The van der Waals surface area contributed by atoms with Crippen LogP contribution in [-0.4, -0.2) is 247 Å². The van der Waals surface area contributed by atoms with Gasteiger partial charge in [-0.25, -0.2) is 0 Å². The lowest BCUT2D eigenvalue weighted by Crippen LogP contribution is -2.82. The second kappa shape index (κ2) is 32.5. The maximum Gasteiger partial charge on any atom is 0.314 e. The van der Waals surface area contributed by atoms with Gasteiger partial charge in [-0.2, -0.15) is 0 Å². The summed E-state index contributed by atoms with van der Waals surface area (Å²) in [5.74, 6) is -1.38. The Morgan fingerprint density at radius 1 is 0.348 bits per heavy atom. The van der Waals surface area contributed by atoms with Crippen LogP contribution in [0.5, 0.6) is 0 Å². The SMILES string of the molecule is CCOC(=O)C(C(CCO)(CCO)C(CCO)(CCO)OCCO)(C(CCO)(CCO)C(CCO)(CCO)OCCO)C(CCO)(CCO)C(CCO)(CC(O)(CCO)CCO)OCCO. The van der Waals surface area contributed by atoms with Gasteiger partial charge in [0, 0.05) is 141 Å². The highest BCUT2D eigenvalue weighted by Gasteiger charge is 2.85. The number of carbonyl (C=O) groups is 1. The van der Waals surface area contributed by atoms with Crippen molar-refractivity contribution in [3.8, 4) is 0 Å². The monoisotopic (exact) mass is 969 g/mol. The van der Waals surface area contributed by atoms with Gasteiger partial charge in [0.25, 0.3) is 0 Å². The van der Waals surface area contributed by atoms with Crippen LogP contribution in [0.15, 0.2) is 0 Å². The molecule has 0 aromatic carbocycles. The Labute approximate surface area is 389 Å². The van der Waals surface area contributed by atoms with E-state index in [-0.39, 0.29) is 0 Å². The van der Waals surface area contributed by atoms with E-state index in [1.807, 2.05) is 0 Å². The van der Waals surface area contributed by atoms with Crippen molar-refractivity contribution in [2.24, 2.45) is 21.7 Å². The molecule has 396 valence electrons. The lowest BCUT2D eigenvalue weighted by atomic mass is 9.28. The Morgan fingerprint density at radius 3 is 0.833 bits per heavy atom. The summed E-state index contributed by atoms with van der Waals surface area (Å²) in [4.78, 5) is 17.0. The van der Waals surface area contributed by atoms with Crippen LogP contribution in [0.3, 0.4) is 0 Å². The third-order valence-corrected chi connectivity index (χ3v) is 14.3. The number of rotatable bonds is 45. The minimum Gasteiger partial charge on any atom is -0.466 e. The number of aliphatic hydroxyl groups is 17. The first kappa shape index (κ1) is 64.7. The fourth-order valence-electron chi connectivity index (χ4n) is 12.6. The predicted molar refractivity (Wildman–Crippen MR) is 235 cm³/mol. The van der Waals surface area contributed by atoms with E-state index < -0.39 is 272 Å². The molecule has 0 rings (SSSR count). The van der Waals surface area contributed by atoms with Gasteiger partial charge in [-0.05, 0) is 58.3 Å². The maximum atomic E-state index is 17.0. The van der Waals surface area contributed by atoms with Gasteiger partial charge in [-0.1, -0.05) is 0 Å². The molecule has 0 aromatic heterocycles. The topological polar surface area (TPSA) is 398 Å². The second-order valence-electron chi connectivity index (χ2n) is 17.0. The van der Waals surface area contributed by atoms with Crippen molar-refractivity contribution in [1.82, 2.24) is 0 Å². The van der Waals surface area contributed by atoms with Crippen LogP contribution >= 0.6 is 0 Å². The van der Waals surface area contributed by atoms with Crippen LogP contribution in [0, 0.1) is 21.7 Å². The van der Waals surface area contributed by atoms with E-state index in [1.165, 1.54) is 6.92 Å². The molecule has 0 radical (unpaired) electrons. The molecule has 0 aliphatic rings. The van der Waals surface area contributed by atoms with Gasteiger partial charge in [0.05, 0.1) is 74.1 Å². The molecule has 0 aromatic rings. The van der Waals surface area contributed by atoms with E-state index in [4.69, 9.17) is 18.9 Å². The molecule has 0 aliphatic heterocycles. The normalized spacial score (nSPS) is 14.5. The lowest BCUT2D eigenvalue weighted by molar-refractivity contribution is -0.361. The quantitative estimate of drug-likeness (QED) is 0.0258. The summed E-state index contributed by atoms with van der Waals surface area (Å²) < 4.78 is 26.3. The van der Waals surface area contributed by atoms with E-state index >= 15 is 4.79 Å². The molecule has 0 spiro atoms. The van der Waals surface area contributed by atoms with Gasteiger partial charge >= 0.3 is 5.97 Å². The van der Waals surface area contributed by atoms with E-state index in [2.05, 4.69) is 0 Å². The van der Waals surface area contributed by atoms with Crippen molar-refractivity contribution >= 4 is 5.97 Å². The number of carbonyl (C=O) groups excluding carboxylic acids is 1. The zero-order valence-corrected chi connectivity index (χ0v) is 39.2. The smallest absolute Gasteiger partial charge is 0.314 e. The number of hydrogen-bond donors (Lipinski definition) is 17. The average Bonchev–Trinajstić information content (AvgIpc) is 3.27. The zero-order chi connectivity index (χ0) is 50.4. The number of ether oxygens (including phenoxy) is 4. The predicted octanol–water partition coefficient (Wildman–Crippen LogP) is -4.17. The molecule has 17 N–H and O–H groups in total. The molecular formula is C44H88O22. The van der Waals surface area contributed by atoms with Gasteiger partial charge < -0.3 is 106 Å². The van der Waals surface area contributed by atoms with Crippen molar-refractivity contribution in [3.63, 3.8) is 0 Å². The molecule has 1 unspecified atom stereocenters. The van der Waals surface area contributed by atoms with Gasteiger partial charge in [0.2, 0.25) is 0 Å². The van der Waals surface area contributed by atoms with Crippen molar-refractivity contribution < 1.29 is 111 Å². The van der Waals surface area contributed by atoms with Crippen molar-refractivity contribution in [3.05, 3.63) is 0 Å². The van der Waals surface area contributed by atoms with Crippen molar-refractivity contribution in [2.45, 2.75) is 119 Å². The van der Waals surface area contributed by atoms with Crippen LogP contribution < -0.4 is 0 Å². The molecule has 1 atom stereocenters. The molecule has 66 heavy (non-hydrogen) atoms. The first-order valence-electron chi connectivity index (χ1n) is 23.2. The number of aliphatic hydroxyl groups excluding tert-OH is 16. The Bertz CT molecular complexity index is 1160. The van der Waals surface area contributed by atoms with E-state index in [0.717, 1.165) is 0 Å². The van der Waals surface area contributed by atoms with Crippen molar-refractivity contribution in [1.29, 1.82) is 0 Å². The molecule has 0 saturated heterocycles. The summed E-state index contributed by atoms with van der Waals surface area (Å²) >= 11 is 0. The van der Waals surface area contributed by atoms with Gasteiger partial charge in [-0.15, -0.1) is 0 Å². The third-order valence-electron chi connectivity index (χ3n) is 14.3. The van der Waals surface area contributed by atoms with Crippen LogP contribution in [0.1, 0.15) is 96.8 Å². The van der Waals surface area contributed by atoms with E-state index in [1.54, 1.807) is 0 Å². The molecule has 0 bridgehead atoms. The van der Waals surface area contributed by atoms with Gasteiger partial charge in [-0.3, -0.25) is 4.79 Å². The minimum absolute atomic E-state index is 0.504. The summed E-state index contributed by atoms with van der Waals surface area (Å²) in [6.45, 7) is -14.8. The first-order chi connectivity index (χ1) is 31.7. The summed E-state index contributed by atoms with van der Waals surface area (Å²) in [6.07, 6.45) is -9.61. The zero-order valence-electron chi connectivity index (χ0n) is 39.2. The van der Waals surface area contributed by atoms with Gasteiger partial charge in [0.1, 0.15) is 0 Å². The highest BCUT2D eigenvalue weighted by molar-refractivity contribution is 5.82. The lowest BCUT2D eigenvalue weighted by Gasteiger charge is -2.76. The number of hydrogen-bond acceptors (Lipinski definition) is 22. The van der Waals surface area contributed by atoms with E-state index in [9.17, 15) is 86.8 Å². The van der Waals surface area contributed by atoms with Crippen molar-refractivity contribution in [2.75, 3.05) is 132 Å². The molecular weight excluding hydrogens is 880 g/mol. The minimum atomic E-state index is -3.06. The van der Waals surface area contributed by atoms with Crippen LogP contribution in [0.25, 0.3) is 0 Å². The second-order valence-corrected chi connectivity index (χ2v) is 17.0. The number of esters is 1. The highest BCUT2D eigenvalue weighted by Crippen LogP contribution is 2.79. The Hall–Kier alpha value is -1.33. The molecule has 0 amide bonds. The Balaban J connectivity index is 11.6. The molecule has 22 heteroatoms. The largest absolute Gasteiger partial charge is 0.466 e. The first-order valence-corrected chi connectivity index (χ1v) is 23.2. The summed E-state index contributed by atoms with van der Waals surface area (Å²) in [6, 6.07) is 0. The fourth-order valence-corrected chi connectivity index (χ4v) is 12.6. The van der Waals surface area contributed by atoms with Crippen LogP contribution in [0.2, 0.25) is 0 Å². The van der Waals surface area contributed by atoms with Crippen LogP contribution in [-0.2, 0) is 23.7 Å². The van der Waals surface area contributed by atoms with Gasteiger partial charge in [0.15, 0.2) is 0 Å². The fraction of sp³-hybridized carbons (Fsp3) is 0.977. The summed E-state index contributed by atoms with van der Waals surface area (Å²) in [5, 5.41) is 190. The summed E-state index contributed by atoms with van der Waals surface area (Å²) in [5.41, 5.74) is -20.2. The maximum absolute atomic E-state index is 17.0. The molecule has 0 fully saturated rings. The Kier molecular flexibility index (Phi) is 31.9. The highest BCUT2D eigenvalue weighted by atomic mass is 16.5. The van der Waals surface area contributed by atoms with E-state index in [0.29, 0.717) is 0 Å². The molecule has 0 aliphatic carbocycles. The average molecular weight is 969 g/mol.